The minimum Gasteiger partial charge on any atom is -0.465 e. The van der Waals surface area contributed by atoms with Crippen molar-refractivity contribution in [2.75, 3.05) is 32.8 Å². The van der Waals surface area contributed by atoms with Gasteiger partial charge in [0.25, 0.3) is 0 Å². The molecule has 2 atom stereocenters. The largest absolute Gasteiger partial charge is 0.465 e. The quantitative estimate of drug-likeness (QED) is 0.776. The zero-order chi connectivity index (χ0) is 16.8. The number of nitrogens with zero attached hydrogens (tertiary/aromatic N) is 2. The first-order valence-electron chi connectivity index (χ1n) is 7.86. The van der Waals surface area contributed by atoms with Gasteiger partial charge in [0, 0.05) is 37.3 Å². The molecule has 0 aromatic heterocycles. The number of rotatable bonds is 1. The lowest BCUT2D eigenvalue weighted by Gasteiger charge is -2.45. The number of benzene rings is 1. The monoisotopic (exact) mass is 352 g/mol. The van der Waals surface area contributed by atoms with E-state index in [0.717, 1.165) is 11.1 Å². The summed E-state index contributed by atoms with van der Waals surface area (Å²) in [7, 11) is 0. The molecule has 2 saturated heterocycles. The topological polar surface area (TPSA) is 79.3 Å². The van der Waals surface area contributed by atoms with Gasteiger partial charge in [-0.1, -0.05) is 17.7 Å². The first-order chi connectivity index (χ1) is 11.5. The third kappa shape index (κ3) is 2.53. The normalized spacial score (nSPS) is 26.7. The summed E-state index contributed by atoms with van der Waals surface area (Å²) in [6, 6.07) is 3.64. The van der Waals surface area contributed by atoms with Crippen LogP contribution in [-0.4, -0.2) is 65.8 Å². The average molecular weight is 353 g/mol. The van der Waals surface area contributed by atoms with E-state index in [1.54, 1.807) is 6.07 Å². The van der Waals surface area contributed by atoms with E-state index in [1.807, 2.05) is 6.07 Å². The Hall–Kier alpha value is -1.83. The van der Waals surface area contributed by atoms with E-state index in [0.29, 0.717) is 43.4 Å². The summed E-state index contributed by atoms with van der Waals surface area (Å²) in [6.07, 6.45) is -1.07. The molecule has 1 amide bonds. The molecular formula is C16H17ClN2O5. The molecule has 7 nitrogen and oxygen atoms in total. The maximum absolute atomic E-state index is 11.6. The van der Waals surface area contributed by atoms with Crippen molar-refractivity contribution < 1.29 is 24.2 Å². The number of carbonyl (C=O) groups is 2. The highest BCUT2D eigenvalue weighted by atomic mass is 35.5. The first kappa shape index (κ1) is 15.7. The highest BCUT2D eigenvalue weighted by Crippen LogP contribution is 2.36. The molecule has 24 heavy (non-hydrogen) atoms. The van der Waals surface area contributed by atoms with Gasteiger partial charge in [-0.3, -0.25) is 4.90 Å². The number of amides is 1. The van der Waals surface area contributed by atoms with Gasteiger partial charge in [0.05, 0.1) is 29.3 Å². The third-order valence-corrected chi connectivity index (χ3v) is 5.40. The summed E-state index contributed by atoms with van der Waals surface area (Å²) in [4.78, 5) is 26.4. The molecule has 0 spiro atoms. The minimum absolute atomic E-state index is 0.0733. The van der Waals surface area contributed by atoms with Crippen molar-refractivity contribution in [3.05, 3.63) is 33.8 Å². The van der Waals surface area contributed by atoms with Crippen LogP contribution in [0.3, 0.4) is 0 Å². The second kappa shape index (κ2) is 5.91. The Kier molecular flexibility index (Phi) is 3.86. The number of fused-ring (bicyclic) bond motifs is 2. The first-order valence-corrected chi connectivity index (χ1v) is 8.24. The minimum atomic E-state index is -0.886. The van der Waals surface area contributed by atoms with Gasteiger partial charge in [-0.25, -0.2) is 9.59 Å². The van der Waals surface area contributed by atoms with Crippen LogP contribution in [0.15, 0.2) is 12.1 Å². The van der Waals surface area contributed by atoms with Gasteiger partial charge in [0.2, 0.25) is 0 Å². The molecule has 0 bridgehead atoms. The molecule has 0 saturated carbocycles. The lowest BCUT2D eigenvalue weighted by molar-refractivity contribution is -0.0866. The number of hydrogen-bond donors (Lipinski definition) is 1. The van der Waals surface area contributed by atoms with E-state index in [2.05, 4.69) is 4.90 Å². The molecule has 128 valence electrons. The number of cyclic esters (lactones) is 1. The van der Waals surface area contributed by atoms with Crippen LogP contribution in [0, 0.1) is 0 Å². The Morgan fingerprint density at radius 1 is 1.29 bits per heavy atom. The van der Waals surface area contributed by atoms with Crippen molar-refractivity contribution >= 4 is 23.7 Å². The second-order valence-electron chi connectivity index (χ2n) is 6.27. The van der Waals surface area contributed by atoms with Gasteiger partial charge in [-0.2, -0.15) is 0 Å². The molecule has 0 aliphatic carbocycles. The Morgan fingerprint density at radius 3 is 2.92 bits per heavy atom. The average Bonchev–Trinajstić information content (AvgIpc) is 2.96. The number of piperazine rings is 1. The van der Waals surface area contributed by atoms with Crippen LogP contribution in [0.5, 0.6) is 0 Å². The van der Waals surface area contributed by atoms with E-state index in [4.69, 9.17) is 26.2 Å². The standard InChI is InChI=1S/C16H17ClN2O5/c17-14-11(2-1-10-12(14)8-24-15(10)20)13-6-18-3-4-19(16(21)22)5-9(18)7-23-13/h1-2,9,13H,3-8H2,(H,21,22)/t9-,13+/m0/s1. The number of halogens is 1. The number of esters is 1. The lowest BCUT2D eigenvalue weighted by atomic mass is 9.99. The van der Waals surface area contributed by atoms with Crippen LogP contribution >= 0.6 is 11.6 Å². The molecule has 3 aliphatic heterocycles. The summed E-state index contributed by atoms with van der Waals surface area (Å²) in [5, 5.41) is 9.65. The van der Waals surface area contributed by atoms with Gasteiger partial charge >= 0.3 is 12.1 Å². The highest BCUT2D eigenvalue weighted by Gasteiger charge is 2.37. The Bertz CT molecular complexity index is 710. The molecule has 4 rings (SSSR count). The second-order valence-corrected chi connectivity index (χ2v) is 6.65. The van der Waals surface area contributed by atoms with E-state index in [1.165, 1.54) is 4.90 Å². The van der Waals surface area contributed by atoms with Crippen LogP contribution in [0.25, 0.3) is 0 Å². The smallest absolute Gasteiger partial charge is 0.407 e. The fourth-order valence-corrected chi connectivity index (χ4v) is 3.92. The van der Waals surface area contributed by atoms with Crippen molar-refractivity contribution in [1.29, 1.82) is 0 Å². The lowest BCUT2D eigenvalue weighted by Crippen LogP contribution is -2.59. The van der Waals surface area contributed by atoms with Crippen molar-refractivity contribution in [2.45, 2.75) is 18.8 Å². The van der Waals surface area contributed by atoms with E-state index < -0.39 is 6.09 Å². The predicted molar refractivity (Wildman–Crippen MR) is 84.2 cm³/mol. The molecule has 2 fully saturated rings. The predicted octanol–water partition coefficient (Wildman–Crippen LogP) is 1.75. The number of morpholine rings is 1. The van der Waals surface area contributed by atoms with Gasteiger partial charge in [0.15, 0.2) is 0 Å². The maximum Gasteiger partial charge on any atom is 0.407 e. The van der Waals surface area contributed by atoms with E-state index in [9.17, 15) is 9.59 Å². The summed E-state index contributed by atoms with van der Waals surface area (Å²) >= 11 is 6.48. The van der Waals surface area contributed by atoms with Gasteiger partial charge in [0.1, 0.15) is 6.61 Å². The van der Waals surface area contributed by atoms with Crippen molar-refractivity contribution in [3.63, 3.8) is 0 Å². The zero-order valence-electron chi connectivity index (χ0n) is 12.9. The number of hydrogen-bond acceptors (Lipinski definition) is 5. The summed E-state index contributed by atoms with van der Waals surface area (Å²) in [5.74, 6) is -0.340. The molecule has 1 aromatic carbocycles. The van der Waals surface area contributed by atoms with Crippen molar-refractivity contribution in [2.24, 2.45) is 0 Å². The Morgan fingerprint density at radius 2 is 2.12 bits per heavy atom. The molecule has 3 heterocycles. The third-order valence-electron chi connectivity index (χ3n) is 4.95. The van der Waals surface area contributed by atoms with Gasteiger partial charge in [-0.05, 0) is 6.07 Å². The molecule has 0 radical (unpaired) electrons. The molecule has 3 aliphatic rings. The molecule has 1 N–H and O–H groups in total. The number of carboxylic acid groups (broad SMARTS) is 1. The number of carbonyl (C=O) groups excluding carboxylic acids is 1. The molecule has 8 heteroatoms. The number of ether oxygens (including phenoxy) is 2. The fraction of sp³-hybridized carbons (Fsp3) is 0.500. The zero-order valence-corrected chi connectivity index (χ0v) is 13.7. The molecular weight excluding hydrogens is 336 g/mol. The summed E-state index contributed by atoms with van der Waals surface area (Å²) in [5.41, 5.74) is 2.10. The van der Waals surface area contributed by atoms with Gasteiger partial charge < -0.3 is 19.5 Å². The fourth-order valence-electron chi connectivity index (χ4n) is 3.58. The Labute approximate surface area is 143 Å². The van der Waals surface area contributed by atoms with Gasteiger partial charge in [-0.15, -0.1) is 0 Å². The summed E-state index contributed by atoms with van der Waals surface area (Å²) in [6.45, 7) is 2.96. The molecule has 0 unspecified atom stereocenters. The van der Waals surface area contributed by atoms with E-state index in [-0.39, 0.29) is 24.7 Å². The Balaban J connectivity index is 1.52. The van der Waals surface area contributed by atoms with Crippen LogP contribution in [0.1, 0.15) is 27.6 Å². The highest BCUT2D eigenvalue weighted by molar-refractivity contribution is 6.32. The maximum atomic E-state index is 11.6. The summed E-state index contributed by atoms with van der Waals surface area (Å²) < 4.78 is 11.0. The van der Waals surface area contributed by atoms with Crippen LogP contribution in [0.2, 0.25) is 5.02 Å². The van der Waals surface area contributed by atoms with E-state index >= 15 is 0 Å². The molecule has 1 aromatic rings. The van der Waals surface area contributed by atoms with Crippen LogP contribution < -0.4 is 0 Å². The SMILES string of the molecule is O=C1OCc2c1ccc([C@H]1CN3CCN(C(=O)O)C[C@H]3CO1)c2Cl. The van der Waals surface area contributed by atoms with Crippen molar-refractivity contribution in [3.8, 4) is 0 Å². The van der Waals surface area contributed by atoms with Crippen LogP contribution in [-0.2, 0) is 16.1 Å². The van der Waals surface area contributed by atoms with Crippen LogP contribution in [0.4, 0.5) is 4.79 Å². The van der Waals surface area contributed by atoms with Crippen molar-refractivity contribution in [1.82, 2.24) is 9.80 Å².